The van der Waals surface area contributed by atoms with E-state index in [1.54, 1.807) is 23.1 Å². The normalized spacial score (nSPS) is 13.9. The molecule has 31 heavy (non-hydrogen) atoms. The molecule has 0 aliphatic heterocycles. The molecule has 1 amide bonds. The quantitative estimate of drug-likeness (QED) is 0.566. The molecule has 1 N–H and O–H groups in total. The number of hydrogen-bond acceptors (Lipinski definition) is 4. The summed E-state index contributed by atoms with van der Waals surface area (Å²) in [5.41, 5.74) is 1.97. The summed E-state index contributed by atoms with van der Waals surface area (Å²) >= 11 is 0. The van der Waals surface area contributed by atoms with Gasteiger partial charge >= 0.3 is 0 Å². The summed E-state index contributed by atoms with van der Waals surface area (Å²) in [6, 6.07) is 16.6. The molecule has 0 bridgehead atoms. The number of halogens is 1. The third-order valence-corrected chi connectivity index (χ3v) is 5.72. The average Bonchev–Trinajstić information content (AvgIpc) is 3.31. The lowest BCUT2D eigenvalue weighted by molar-refractivity contribution is 0.0752. The molecule has 4 rings (SSSR count). The highest BCUT2D eigenvalue weighted by Crippen LogP contribution is 2.28. The zero-order valence-electron chi connectivity index (χ0n) is 17.7. The van der Waals surface area contributed by atoms with Crippen molar-refractivity contribution in [2.45, 2.75) is 45.2 Å². The summed E-state index contributed by atoms with van der Waals surface area (Å²) < 4.78 is 14.7. The van der Waals surface area contributed by atoms with E-state index in [1.165, 1.54) is 25.1 Å². The van der Waals surface area contributed by atoms with Crippen LogP contribution in [0.3, 0.4) is 0 Å². The van der Waals surface area contributed by atoms with Crippen LogP contribution in [0.1, 0.15) is 48.5 Å². The van der Waals surface area contributed by atoms with E-state index in [9.17, 15) is 9.18 Å². The van der Waals surface area contributed by atoms with E-state index in [-0.39, 0.29) is 5.91 Å². The van der Waals surface area contributed by atoms with E-state index in [0.29, 0.717) is 41.9 Å². The van der Waals surface area contributed by atoms with E-state index < -0.39 is 5.82 Å². The third kappa shape index (κ3) is 4.90. The smallest absolute Gasteiger partial charge is 0.257 e. The molecular formula is C25H27FN4O. The Balaban J connectivity index is 1.69. The van der Waals surface area contributed by atoms with Crippen molar-refractivity contribution in [3.63, 3.8) is 0 Å². The van der Waals surface area contributed by atoms with Crippen LogP contribution in [0.5, 0.6) is 0 Å². The number of carbonyl (C=O) groups excluding carboxylic acids is 1. The number of hydrogen-bond donors (Lipinski definition) is 1. The first kappa shape index (κ1) is 21.0. The van der Waals surface area contributed by atoms with Crippen LogP contribution in [0.2, 0.25) is 0 Å². The summed E-state index contributed by atoms with van der Waals surface area (Å²) in [5, 5.41) is 3.35. The Morgan fingerprint density at radius 2 is 1.81 bits per heavy atom. The molecule has 0 saturated heterocycles. The minimum absolute atomic E-state index is 0.211. The van der Waals surface area contributed by atoms with Crippen molar-refractivity contribution in [3.05, 3.63) is 77.7 Å². The van der Waals surface area contributed by atoms with Gasteiger partial charge in [-0.1, -0.05) is 55.3 Å². The van der Waals surface area contributed by atoms with Gasteiger partial charge in [-0.05, 0) is 37.5 Å². The summed E-state index contributed by atoms with van der Waals surface area (Å²) in [5.74, 6) is -0.182. The van der Waals surface area contributed by atoms with Gasteiger partial charge in [0.2, 0.25) is 5.95 Å². The number of anilines is 1. The average molecular weight is 419 g/mol. The second kappa shape index (κ2) is 9.69. The second-order valence-corrected chi connectivity index (χ2v) is 7.87. The van der Waals surface area contributed by atoms with Crippen molar-refractivity contribution in [1.29, 1.82) is 0 Å². The van der Waals surface area contributed by atoms with Crippen molar-refractivity contribution in [3.8, 4) is 11.3 Å². The summed E-state index contributed by atoms with van der Waals surface area (Å²) in [4.78, 5) is 24.2. The summed E-state index contributed by atoms with van der Waals surface area (Å²) in [6.45, 7) is 2.92. The first-order chi connectivity index (χ1) is 15.2. The molecule has 0 radical (unpaired) electrons. The molecule has 0 unspecified atom stereocenters. The van der Waals surface area contributed by atoms with Crippen molar-refractivity contribution < 1.29 is 9.18 Å². The van der Waals surface area contributed by atoms with Crippen LogP contribution in [0.25, 0.3) is 11.3 Å². The number of amides is 1. The highest BCUT2D eigenvalue weighted by atomic mass is 19.1. The molecule has 0 atom stereocenters. The number of nitrogens with one attached hydrogen (secondary N) is 1. The first-order valence-corrected chi connectivity index (χ1v) is 10.9. The third-order valence-electron chi connectivity index (χ3n) is 5.72. The van der Waals surface area contributed by atoms with Crippen molar-refractivity contribution in [1.82, 2.24) is 14.9 Å². The van der Waals surface area contributed by atoms with Gasteiger partial charge in [-0.25, -0.2) is 14.4 Å². The number of benzene rings is 2. The molecule has 2 aromatic carbocycles. The predicted octanol–water partition coefficient (Wildman–Crippen LogP) is 5.30. The summed E-state index contributed by atoms with van der Waals surface area (Å²) in [7, 11) is 0. The van der Waals surface area contributed by atoms with Gasteiger partial charge < -0.3 is 10.2 Å². The van der Waals surface area contributed by atoms with Crippen LogP contribution < -0.4 is 5.32 Å². The number of nitrogens with zero attached hydrogens (tertiary/aromatic N) is 3. The zero-order valence-corrected chi connectivity index (χ0v) is 17.7. The Hall–Kier alpha value is -3.28. The van der Waals surface area contributed by atoms with Gasteiger partial charge in [-0.15, -0.1) is 0 Å². The van der Waals surface area contributed by atoms with Gasteiger partial charge in [0.05, 0.1) is 11.3 Å². The SMILES string of the molecule is CCN(Cc1ccccc1)C(=O)c1cnc(NC2CCCC2)nc1-c1ccccc1F. The van der Waals surface area contributed by atoms with Crippen molar-refractivity contribution in [2.24, 2.45) is 0 Å². The maximum atomic E-state index is 14.7. The highest BCUT2D eigenvalue weighted by molar-refractivity contribution is 5.99. The highest BCUT2D eigenvalue weighted by Gasteiger charge is 2.24. The molecule has 1 aliphatic rings. The van der Waals surface area contributed by atoms with Crippen LogP contribution in [0.4, 0.5) is 10.3 Å². The lowest BCUT2D eigenvalue weighted by Crippen LogP contribution is -2.31. The molecule has 160 valence electrons. The fourth-order valence-electron chi connectivity index (χ4n) is 4.02. The van der Waals surface area contributed by atoms with Gasteiger partial charge in [0.25, 0.3) is 5.91 Å². The zero-order chi connectivity index (χ0) is 21.6. The second-order valence-electron chi connectivity index (χ2n) is 7.87. The maximum Gasteiger partial charge on any atom is 0.257 e. The Labute approximate surface area is 182 Å². The molecule has 0 spiro atoms. The van der Waals surface area contributed by atoms with Gasteiger partial charge in [0.15, 0.2) is 0 Å². The fraction of sp³-hybridized carbons (Fsp3) is 0.320. The van der Waals surface area contributed by atoms with Gasteiger partial charge in [0.1, 0.15) is 5.82 Å². The number of rotatable bonds is 7. The van der Waals surface area contributed by atoms with E-state index in [4.69, 9.17) is 0 Å². The van der Waals surface area contributed by atoms with E-state index in [2.05, 4.69) is 15.3 Å². The van der Waals surface area contributed by atoms with Crippen LogP contribution in [0, 0.1) is 5.82 Å². The minimum atomic E-state index is -0.409. The lowest BCUT2D eigenvalue weighted by Gasteiger charge is -2.22. The molecule has 1 aliphatic carbocycles. The van der Waals surface area contributed by atoms with Crippen LogP contribution >= 0.6 is 0 Å². The minimum Gasteiger partial charge on any atom is -0.351 e. The molecule has 1 saturated carbocycles. The largest absolute Gasteiger partial charge is 0.351 e. The van der Waals surface area contributed by atoms with Crippen molar-refractivity contribution >= 4 is 11.9 Å². The van der Waals surface area contributed by atoms with Gasteiger partial charge in [-0.3, -0.25) is 4.79 Å². The van der Waals surface area contributed by atoms with Crippen LogP contribution in [0.15, 0.2) is 60.8 Å². The van der Waals surface area contributed by atoms with Crippen molar-refractivity contribution in [2.75, 3.05) is 11.9 Å². The van der Waals surface area contributed by atoms with Gasteiger partial charge in [-0.2, -0.15) is 0 Å². The molecule has 1 heterocycles. The Bertz CT molecular complexity index is 1030. The summed E-state index contributed by atoms with van der Waals surface area (Å²) in [6.07, 6.45) is 6.03. The van der Waals surface area contributed by atoms with Crippen LogP contribution in [-0.2, 0) is 6.54 Å². The first-order valence-electron chi connectivity index (χ1n) is 10.9. The fourth-order valence-corrected chi connectivity index (χ4v) is 4.02. The standard InChI is InChI=1S/C25H27FN4O/c1-2-30(17-18-10-4-3-5-11-18)24(31)21-16-27-25(28-19-12-6-7-13-19)29-23(21)20-14-8-9-15-22(20)26/h3-5,8-11,14-16,19H,2,6-7,12-13,17H2,1H3,(H,27,28,29). The van der Waals surface area contributed by atoms with E-state index in [1.807, 2.05) is 37.3 Å². The van der Waals surface area contributed by atoms with Crippen LogP contribution in [-0.4, -0.2) is 33.4 Å². The predicted molar refractivity (Wildman–Crippen MR) is 120 cm³/mol. The van der Waals surface area contributed by atoms with Gasteiger partial charge in [0, 0.05) is 30.9 Å². The lowest BCUT2D eigenvalue weighted by atomic mass is 10.1. The Kier molecular flexibility index (Phi) is 6.55. The molecule has 5 nitrogen and oxygen atoms in total. The Morgan fingerprint density at radius 1 is 1.10 bits per heavy atom. The molecule has 6 heteroatoms. The number of aromatic nitrogens is 2. The Morgan fingerprint density at radius 3 is 2.52 bits per heavy atom. The molecule has 3 aromatic rings. The molecular weight excluding hydrogens is 391 g/mol. The van der Waals surface area contributed by atoms with E-state index >= 15 is 0 Å². The maximum absolute atomic E-state index is 14.7. The monoisotopic (exact) mass is 418 g/mol. The van der Waals surface area contributed by atoms with E-state index in [0.717, 1.165) is 18.4 Å². The molecule has 1 aromatic heterocycles. The number of carbonyl (C=O) groups is 1. The molecule has 1 fully saturated rings. The topological polar surface area (TPSA) is 58.1 Å².